The smallest absolute Gasteiger partial charge is 0.0547 e. The van der Waals surface area contributed by atoms with Gasteiger partial charge in [0.2, 0.25) is 0 Å². The Morgan fingerprint density at radius 1 is 1.22 bits per heavy atom. The lowest BCUT2D eigenvalue weighted by Gasteiger charge is -2.36. The Balaban J connectivity index is 2.16. The van der Waals surface area contributed by atoms with Crippen LogP contribution in [0.4, 0.5) is 0 Å². The van der Waals surface area contributed by atoms with Crippen molar-refractivity contribution in [2.75, 3.05) is 25.2 Å². The summed E-state index contributed by atoms with van der Waals surface area (Å²) in [6.07, 6.45) is 9.18. The first-order valence-electron chi connectivity index (χ1n) is 7.48. The summed E-state index contributed by atoms with van der Waals surface area (Å²) in [4.78, 5) is 0. The predicted octanol–water partition coefficient (Wildman–Crippen LogP) is 4.55. The minimum absolute atomic E-state index is 0.315. The van der Waals surface area contributed by atoms with E-state index in [1.165, 1.54) is 32.1 Å². The van der Waals surface area contributed by atoms with E-state index in [0.717, 1.165) is 38.0 Å². The average Bonchev–Trinajstić information content (AvgIpc) is 2.42. The van der Waals surface area contributed by atoms with Crippen molar-refractivity contribution in [1.82, 2.24) is 0 Å². The molecule has 2 nitrogen and oxygen atoms in total. The second kappa shape index (κ2) is 9.33. The highest BCUT2D eigenvalue weighted by molar-refractivity contribution is 9.09. The van der Waals surface area contributed by atoms with Gasteiger partial charge in [-0.3, -0.25) is 0 Å². The Morgan fingerprint density at radius 2 is 1.94 bits per heavy atom. The molecule has 1 atom stereocenters. The monoisotopic (exact) mass is 320 g/mol. The van der Waals surface area contributed by atoms with Gasteiger partial charge in [-0.05, 0) is 26.2 Å². The second-order valence-electron chi connectivity index (χ2n) is 5.72. The highest BCUT2D eigenvalue weighted by Gasteiger charge is 2.32. The summed E-state index contributed by atoms with van der Waals surface area (Å²) in [6, 6.07) is 0. The molecule has 1 rings (SSSR count). The zero-order valence-corrected chi connectivity index (χ0v) is 13.6. The molecular weight excluding hydrogens is 292 g/mol. The highest BCUT2D eigenvalue weighted by atomic mass is 79.9. The van der Waals surface area contributed by atoms with Crippen LogP contribution < -0.4 is 0 Å². The van der Waals surface area contributed by atoms with Crippen molar-refractivity contribution in [3.8, 4) is 0 Å². The molecule has 0 saturated carbocycles. The summed E-state index contributed by atoms with van der Waals surface area (Å²) < 4.78 is 11.5. The van der Waals surface area contributed by atoms with Crippen LogP contribution >= 0.6 is 15.9 Å². The maximum atomic E-state index is 6.07. The maximum absolute atomic E-state index is 6.07. The second-order valence-corrected chi connectivity index (χ2v) is 6.28. The minimum Gasteiger partial charge on any atom is -0.381 e. The normalized spacial score (nSPS) is 20.8. The van der Waals surface area contributed by atoms with Gasteiger partial charge in [0.15, 0.2) is 0 Å². The summed E-state index contributed by atoms with van der Waals surface area (Å²) in [7, 11) is 0. The number of ether oxygens (including phenoxy) is 2. The maximum Gasteiger partial charge on any atom is 0.0547 e. The van der Waals surface area contributed by atoms with Crippen molar-refractivity contribution in [1.29, 1.82) is 0 Å². The molecular formula is C15H29BrO2. The molecule has 0 aromatic carbocycles. The van der Waals surface area contributed by atoms with Crippen LogP contribution in [-0.4, -0.2) is 31.3 Å². The SMILES string of the molecule is CCCCCCC(C)OCC1(CBr)CCOCC1. The van der Waals surface area contributed by atoms with Crippen LogP contribution in [0.3, 0.4) is 0 Å². The van der Waals surface area contributed by atoms with Crippen molar-refractivity contribution in [3.05, 3.63) is 0 Å². The van der Waals surface area contributed by atoms with E-state index in [2.05, 4.69) is 29.8 Å². The Morgan fingerprint density at radius 3 is 2.56 bits per heavy atom. The Bertz CT molecular complexity index is 203. The van der Waals surface area contributed by atoms with Gasteiger partial charge in [0.1, 0.15) is 0 Å². The third kappa shape index (κ3) is 6.03. The summed E-state index contributed by atoms with van der Waals surface area (Å²) in [5, 5.41) is 1.03. The molecule has 1 heterocycles. The van der Waals surface area contributed by atoms with Crippen molar-refractivity contribution in [3.63, 3.8) is 0 Å². The Labute approximate surface area is 121 Å². The highest BCUT2D eigenvalue weighted by Crippen LogP contribution is 2.33. The molecule has 0 aromatic rings. The molecule has 1 unspecified atom stereocenters. The molecule has 1 aliphatic heterocycles. The van der Waals surface area contributed by atoms with Crippen molar-refractivity contribution in [2.45, 2.75) is 64.9 Å². The molecule has 1 aliphatic rings. The first kappa shape index (κ1) is 16.5. The van der Waals surface area contributed by atoms with Crippen LogP contribution in [0.5, 0.6) is 0 Å². The van der Waals surface area contributed by atoms with E-state index in [0.29, 0.717) is 11.5 Å². The van der Waals surface area contributed by atoms with Gasteiger partial charge in [0.05, 0.1) is 12.7 Å². The minimum atomic E-state index is 0.315. The van der Waals surface area contributed by atoms with Gasteiger partial charge in [-0.1, -0.05) is 48.5 Å². The molecule has 0 aromatic heterocycles. The molecule has 0 bridgehead atoms. The predicted molar refractivity (Wildman–Crippen MR) is 80.5 cm³/mol. The summed E-state index contributed by atoms with van der Waals surface area (Å²) in [6.45, 7) is 7.13. The molecule has 0 aliphatic carbocycles. The molecule has 18 heavy (non-hydrogen) atoms. The largest absolute Gasteiger partial charge is 0.381 e. The van der Waals surface area contributed by atoms with E-state index in [-0.39, 0.29) is 0 Å². The summed E-state index contributed by atoms with van der Waals surface area (Å²) in [5.41, 5.74) is 0.315. The van der Waals surface area contributed by atoms with Crippen LogP contribution in [0.1, 0.15) is 58.8 Å². The average molecular weight is 321 g/mol. The topological polar surface area (TPSA) is 18.5 Å². The van der Waals surface area contributed by atoms with Crippen LogP contribution in [0.2, 0.25) is 0 Å². The van der Waals surface area contributed by atoms with Crippen LogP contribution in [0.25, 0.3) is 0 Å². The lowest BCUT2D eigenvalue weighted by Crippen LogP contribution is -2.36. The van der Waals surface area contributed by atoms with Crippen molar-refractivity contribution < 1.29 is 9.47 Å². The first-order chi connectivity index (χ1) is 8.72. The van der Waals surface area contributed by atoms with E-state index in [9.17, 15) is 0 Å². The summed E-state index contributed by atoms with van der Waals surface area (Å²) in [5.74, 6) is 0. The van der Waals surface area contributed by atoms with Gasteiger partial charge >= 0.3 is 0 Å². The third-order valence-electron chi connectivity index (χ3n) is 3.98. The van der Waals surface area contributed by atoms with Gasteiger partial charge in [0.25, 0.3) is 0 Å². The van der Waals surface area contributed by atoms with Gasteiger partial charge < -0.3 is 9.47 Å². The number of unbranched alkanes of at least 4 members (excludes halogenated alkanes) is 3. The third-order valence-corrected chi connectivity index (χ3v) is 5.16. The van der Waals surface area contributed by atoms with E-state index in [1.807, 2.05) is 0 Å². The Kier molecular flexibility index (Phi) is 8.53. The van der Waals surface area contributed by atoms with Crippen LogP contribution in [0, 0.1) is 5.41 Å². The number of rotatable bonds is 9. The standard InChI is InChI=1S/C15H29BrO2/c1-3-4-5-6-7-14(2)18-13-15(12-16)8-10-17-11-9-15/h14H,3-13H2,1-2H3. The summed E-state index contributed by atoms with van der Waals surface area (Å²) >= 11 is 3.66. The zero-order chi connectivity index (χ0) is 13.3. The van der Waals surface area contributed by atoms with E-state index >= 15 is 0 Å². The first-order valence-corrected chi connectivity index (χ1v) is 8.60. The number of hydrogen-bond acceptors (Lipinski definition) is 2. The van der Waals surface area contributed by atoms with Crippen molar-refractivity contribution >= 4 is 15.9 Å². The molecule has 3 heteroatoms. The molecule has 1 saturated heterocycles. The molecule has 0 spiro atoms. The number of alkyl halides is 1. The van der Waals surface area contributed by atoms with Crippen LogP contribution in [-0.2, 0) is 9.47 Å². The fourth-order valence-corrected chi connectivity index (χ4v) is 3.10. The van der Waals surface area contributed by atoms with E-state index in [1.54, 1.807) is 0 Å². The number of halogens is 1. The number of hydrogen-bond donors (Lipinski definition) is 0. The fraction of sp³-hybridized carbons (Fsp3) is 1.00. The molecule has 0 N–H and O–H groups in total. The molecule has 0 radical (unpaired) electrons. The van der Waals surface area contributed by atoms with E-state index < -0.39 is 0 Å². The molecule has 0 amide bonds. The molecule has 108 valence electrons. The van der Waals surface area contributed by atoms with Crippen LogP contribution in [0.15, 0.2) is 0 Å². The Hall–Kier alpha value is 0.400. The lowest BCUT2D eigenvalue weighted by atomic mass is 9.83. The fourth-order valence-electron chi connectivity index (χ4n) is 2.38. The van der Waals surface area contributed by atoms with Gasteiger partial charge in [-0.25, -0.2) is 0 Å². The van der Waals surface area contributed by atoms with Gasteiger partial charge in [0, 0.05) is 24.0 Å². The van der Waals surface area contributed by atoms with Gasteiger partial charge in [-0.15, -0.1) is 0 Å². The van der Waals surface area contributed by atoms with E-state index in [4.69, 9.17) is 9.47 Å². The zero-order valence-electron chi connectivity index (χ0n) is 12.0. The molecule has 1 fully saturated rings. The quantitative estimate of drug-likeness (QED) is 0.458. The van der Waals surface area contributed by atoms with Gasteiger partial charge in [-0.2, -0.15) is 0 Å². The van der Waals surface area contributed by atoms with Crippen molar-refractivity contribution in [2.24, 2.45) is 5.41 Å². The lowest BCUT2D eigenvalue weighted by molar-refractivity contribution is -0.0494.